The first-order valence-corrected chi connectivity index (χ1v) is 25.0. The van der Waals surface area contributed by atoms with Gasteiger partial charge in [0.2, 0.25) is 0 Å². The van der Waals surface area contributed by atoms with Gasteiger partial charge < -0.3 is 20.9 Å². The summed E-state index contributed by atoms with van der Waals surface area (Å²) in [5.74, 6) is -8.90. The maximum Gasteiger partial charge on any atom is 0.426 e. The number of nitrogen functional groups attached to an aromatic ring is 2. The minimum atomic E-state index is -5.84. The summed E-state index contributed by atoms with van der Waals surface area (Å²) in [5, 5.41) is 0. The van der Waals surface area contributed by atoms with E-state index in [1.54, 1.807) is 0 Å². The van der Waals surface area contributed by atoms with Gasteiger partial charge >= 0.3 is 23.9 Å². The van der Waals surface area contributed by atoms with Gasteiger partial charge in [0.25, 0.3) is 0 Å². The van der Waals surface area contributed by atoms with E-state index in [2.05, 4.69) is 27.7 Å². The molecule has 11 heteroatoms. The fraction of sp³-hybridized carbons (Fsp3) is 0.863. The lowest BCUT2D eigenvalue weighted by Crippen LogP contribution is -2.57. The van der Waals surface area contributed by atoms with Crippen molar-refractivity contribution in [3.8, 4) is 0 Å². The molecule has 0 amide bonds. The molecule has 4 aliphatic carbocycles. The van der Waals surface area contributed by atoms with Crippen LogP contribution in [-0.2, 0) is 20.2 Å². The third-order valence-corrected chi connectivity index (χ3v) is 16.9. The SMILES string of the molecule is CCCCCCCCCCCCCCCCCCOC(=O)CCC(C)[C@H]1CC[C@H]2[C@@H]3CCC4CC(OC(F)(F)C(F)(F)C(F)(F)c5cc(N)cc(N)c5)CC[C@]4(C)[C@H]3CC[C@]12C. The van der Waals surface area contributed by atoms with Gasteiger partial charge in [-0.05, 0) is 135 Å². The number of unbranched alkanes of at least 4 members (excludes halogenated alkanes) is 15. The third-order valence-electron chi connectivity index (χ3n) is 16.9. The Morgan fingerprint density at radius 1 is 0.710 bits per heavy atom. The van der Waals surface area contributed by atoms with Gasteiger partial charge in [-0.1, -0.05) is 124 Å². The van der Waals surface area contributed by atoms with Crippen molar-refractivity contribution in [1.82, 2.24) is 0 Å². The molecule has 4 saturated carbocycles. The molecule has 0 radical (unpaired) electrons. The topological polar surface area (TPSA) is 87.6 Å². The number of benzene rings is 1. The Balaban J connectivity index is 0.992. The zero-order chi connectivity index (χ0) is 45.2. The zero-order valence-electron chi connectivity index (χ0n) is 38.7. The van der Waals surface area contributed by atoms with E-state index in [-0.39, 0.29) is 46.9 Å². The van der Waals surface area contributed by atoms with Gasteiger partial charge in [-0.25, -0.2) is 0 Å². The maximum atomic E-state index is 15.2. The van der Waals surface area contributed by atoms with Gasteiger partial charge in [0.05, 0.1) is 12.7 Å². The lowest BCUT2D eigenvalue weighted by molar-refractivity contribution is -0.415. The molecule has 62 heavy (non-hydrogen) atoms. The molecule has 0 bridgehead atoms. The first kappa shape index (κ1) is 50.8. The molecular weight excluding hydrogens is 803 g/mol. The smallest absolute Gasteiger partial charge is 0.426 e. The van der Waals surface area contributed by atoms with Crippen LogP contribution in [0.15, 0.2) is 18.2 Å². The van der Waals surface area contributed by atoms with E-state index in [0.29, 0.717) is 61.2 Å². The molecule has 1 aromatic carbocycles. The molecule has 5 rings (SSSR count). The highest BCUT2D eigenvalue weighted by atomic mass is 19.3. The maximum absolute atomic E-state index is 15.2. The van der Waals surface area contributed by atoms with Crippen molar-refractivity contribution in [3.05, 3.63) is 23.8 Å². The molecule has 9 atom stereocenters. The number of carbonyl (C=O) groups is 1. The van der Waals surface area contributed by atoms with Crippen LogP contribution in [0.3, 0.4) is 0 Å². The predicted octanol–water partition coefficient (Wildman–Crippen LogP) is 15.4. The van der Waals surface area contributed by atoms with Gasteiger partial charge in [-0.3, -0.25) is 4.79 Å². The van der Waals surface area contributed by atoms with Crippen molar-refractivity contribution in [1.29, 1.82) is 0 Å². The molecule has 0 spiro atoms. The van der Waals surface area contributed by atoms with Gasteiger partial charge in [-0.2, -0.15) is 26.3 Å². The van der Waals surface area contributed by atoms with Crippen molar-refractivity contribution >= 4 is 17.3 Å². The van der Waals surface area contributed by atoms with Crippen molar-refractivity contribution in [3.63, 3.8) is 0 Å². The molecule has 4 N–H and O–H groups in total. The number of rotatable bonds is 26. The third kappa shape index (κ3) is 12.0. The van der Waals surface area contributed by atoms with Crippen LogP contribution in [0.25, 0.3) is 0 Å². The van der Waals surface area contributed by atoms with E-state index in [1.165, 1.54) is 89.9 Å². The Morgan fingerprint density at radius 3 is 1.82 bits per heavy atom. The summed E-state index contributed by atoms with van der Waals surface area (Å²) < 4.78 is 101. The molecular formula is C51H82F6N2O3. The summed E-state index contributed by atoms with van der Waals surface area (Å²) in [7, 11) is 0. The molecule has 0 saturated heterocycles. The summed E-state index contributed by atoms with van der Waals surface area (Å²) in [6.45, 7) is 9.76. The fourth-order valence-electron chi connectivity index (χ4n) is 13.3. The van der Waals surface area contributed by atoms with E-state index in [9.17, 15) is 4.79 Å². The molecule has 0 heterocycles. The number of alkyl halides is 6. The normalized spacial score (nSPS) is 29.5. The largest absolute Gasteiger partial charge is 0.466 e. The average molecular weight is 885 g/mol. The van der Waals surface area contributed by atoms with Crippen LogP contribution < -0.4 is 11.5 Å². The number of esters is 1. The van der Waals surface area contributed by atoms with Crippen LogP contribution in [0.2, 0.25) is 0 Å². The van der Waals surface area contributed by atoms with Crippen LogP contribution in [0.5, 0.6) is 0 Å². The second-order valence-corrected chi connectivity index (χ2v) is 21.0. The van der Waals surface area contributed by atoms with E-state index < -0.39 is 29.6 Å². The summed E-state index contributed by atoms with van der Waals surface area (Å²) in [5.41, 5.74) is 8.98. The highest BCUT2D eigenvalue weighted by Crippen LogP contribution is 2.69. The van der Waals surface area contributed by atoms with Gasteiger partial charge in [-0.15, -0.1) is 0 Å². The van der Waals surface area contributed by atoms with Crippen LogP contribution in [0.1, 0.15) is 207 Å². The van der Waals surface area contributed by atoms with Crippen LogP contribution in [0, 0.1) is 46.3 Å². The second-order valence-electron chi connectivity index (χ2n) is 21.0. The van der Waals surface area contributed by atoms with E-state index >= 15 is 26.3 Å². The summed E-state index contributed by atoms with van der Waals surface area (Å²) in [6, 6.07) is 2.15. The second kappa shape index (κ2) is 22.3. The Bertz CT molecular complexity index is 1520. The number of anilines is 2. The number of fused-ring (bicyclic) bond motifs is 5. The standard InChI is InChI=1S/C51H82F6N2O3/c1-5-6-7-8-9-10-11-12-13-14-15-16-17-18-19-20-31-61-46(60)26-21-36(2)43-24-25-44-42-23-22-37-34-41(27-29-47(37,3)45(42)28-30-48(43,44)4)62-51(56,57)50(54,55)49(52,53)38-32-39(58)35-40(59)33-38/h32-33,35-37,41-45H,5-31,34,58-59H2,1-4H3/t36?,37?,41?,42-,43+,44-,45-,47-,48+/m0/s1. The Kier molecular flexibility index (Phi) is 18.3. The number of halogens is 6. The lowest BCUT2D eigenvalue weighted by Gasteiger charge is -2.61. The highest BCUT2D eigenvalue weighted by Gasteiger charge is 2.74. The van der Waals surface area contributed by atoms with Gasteiger partial charge in [0, 0.05) is 23.4 Å². The van der Waals surface area contributed by atoms with Crippen molar-refractivity contribution in [2.75, 3.05) is 18.1 Å². The summed E-state index contributed by atoms with van der Waals surface area (Å²) in [6.07, 6.45) is 22.4. The van der Waals surface area contributed by atoms with E-state index in [0.717, 1.165) is 63.9 Å². The van der Waals surface area contributed by atoms with Crippen LogP contribution in [0.4, 0.5) is 37.7 Å². The minimum Gasteiger partial charge on any atom is -0.466 e. The van der Waals surface area contributed by atoms with Gasteiger partial charge in [0.1, 0.15) is 0 Å². The quantitative estimate of drug-likeness (QED) is 0.0419. The van der Waals surface area contributed by atoms with E-state index in [4.69, 9.17) is 20.9 Å². The Labute approximate surface area is 370 Å². The number of ether oxygens (including phenoxy) is 2. The minimum absolute atomic E-state index is 0.0214. The first-order chi connectivity index (χ1) is 29.4. The van der Waals surface area contributed by atoms with E-state index in [1.807, 2.05) is 0 Å². The molecule has 356 valence electrons. The zero-order valence-corrected chi connectivity index (χ0v) is 38.7. The molecule has 0 aromatic heterocycles. The average Bonchev–Trinajstić information content (AvgIpc) is 3.58. The molecule has 3 unspecified atom stereocenters. The Morgan fingerprint density at radius 2 is 1.24 bits per heavy atom. The predicted molar refractivity (Wildman–Crippen MR) is 238 cm³/mol. The first-order valence-electron chi connectivity index (χ1n) is 25.0. The molecule has 4 aliphatic rings. The number of hydrogen-bond donors (Lipinski definition) is 2. The molecule has 0 aliphatic heterocycles. The molecule has 4 fully saturated rings. The highest BCUT2D eigenvalue weighted by molar-refractivity contribution is 5.69. The van der Waals surface area contributed by atoms with Crippen molar-refractivity contribution < 1.29 is 40.6 Å². The molecule has 1 aromatic rings. The lowest BCUT2D eigenvalue weighted by atomic mass is 9.44. The molecule has 5 nitrogen and oxygen atoms in total. The van der Waals surface area contributed by atoms with Crippen molar-refractivity contribution in [2.24, 2.45) is 46.3 Å². The number of hydrogen-bond acceptors (Lipinski definition) is 5. The van der Waals surface area contributed by atoms with Gasteiger partial charge in [0.15, 0.2) is 0 Å². The monoisotopic (exact) mass is 885 g/mol. The van der Waals surface area contributed by atoms with Crippen molar-refractivity contribution in [2.45, 2.75) is 225 Å². The van der Waals surface area contributed by atoms with Crippen LogP contribution >= 0.6 is 0 Å². The Hall–Kier alpha value is -2.17. The number of nitrogens with two attached hydrogens (primary N) is 2. The van der Waals surface area contributed by atoms with Crippen LogP contribution in [-0.4, -0.2) is 30.7 Å². The number of carbonyl (C=O) groups excluding carboxylic acids is 1. The summed E-state index contributed by atoms with van der Waals surface area (Å²) >= 11 is 0. The summed E-state index contributed by atoms with van der Waals surface area (Å²) in [4.78, 5) is 12.8. The fourth-order valence-corrected chi connectivity index (χ4v) is 13.3.